The highest BCUT2D eigenvalue weighted by Gasteiger charge is 2.30. The summed E-state index contributed by atoms with van der Waals surface area (Å²) in [5, 5.41) is 2.90. The Morgan fingerprint density at radius 2 is 1.57 bits per heavy atom. The first-order valence-corrected chi connectivity index (χ1v) is 15.1. The van der Waals surface area contributed by atoms with E-state index >= 15 is 0 Å². The number of carbonyl (C=O) groups is 2. The van der Waals surface area contributed by atoms with Gasteiger partial charge in [-0.05, 0) is 67.1 Å². The van der Waals surface area contributed by atoms with Crippen LogP contribution in [0.4, 0.5) is 0 Å². The molecule has 2 amide bonds. The average molecular weight is 564 g/mol. The van der Waals surface area contributed by atoms with Crippen LogP contribution in [0.1, 0.15) is 42.9 Å². The van der Waals surface area contributed by atoms with E-state index in [9.17, 15) is 18.0 Å². The molecule has 1 atom stereocenters. The highest BCUT2D eigenvalue weighted by atomic mass is 32.2. The first kappa shape index (κ1) is 29.3. The van der Waals surface area contributed by atoms with Gasteiger partial charge >= 0.3 is 0 Å². The Balaban J connectivity index is 1.53. The normalized spacial score (nSPS) is 13.8. The van der Waals surface area contributed by atoms with E-state index in [1.165, 1.54) is 0 Å². The van der Waals surface area contributed by atoms with E-state index in [4.69, 9.17) is 4.74 Å². The van der Waals surface area contributed by atoms with Crippen LogP contribution in [0.5, 0.6) is 5.75 Å². The van der Waals surface area contributed by atoms with Gasteiger partial charge in [0.05, 0.1) is 12.0 Å². The molecule has 4 rings (SSSR count). The van der Waals surface area contributed by atoms with Crippen LogP contribution >= 0.6 is 0 Å². The number of aryl methyl sites for hydroxylation is 1. The Kier molecular flexibility index (Phi) is 9.95. The van der Waals surface area contributed by atoms with Crippen LogP contribution < -0.4 is 14.8 Å². The second-order valence-electron chi connectivity index (χ2n) is 10.0. The van der Waals surface area contributed by atoms with Gasteiger partial charge in [0.25, 0.3) is 0 Å². The molecule has 9 heteroatoms. The predicted molar refractivity (Wildman–Crippen MR) is 154 cm³/mol. The smallest absolute Gasteiger partial charge is 0.243 e. The third-order valence-electron chi connectivity index (χ3n) is 6.89. The highest BCUT2D eigenvalue weighted by molar-refractivity contribution is 7.89. The Hall–Kier alpha value is -3.69. The van der Waals surface area contributed by atoms with Crippen molar-refractivity contribution in [1.29, 1.82) is 0 Å². The number of rotatable bonds is 14. The van der Waals surface area contributed by atoms with Crippen molar-refractivity contribution in [2.75, 3.05) is 13.7 Å². The van der Waals surface area contributed by atoms with Crippen molar-refractivity contribution in [2.24, 2.45) is 0 Å². The number of benzene rings is 3. The van der Waals surface area contributed by atoms with Crippen molar-refractivity contribution in [3.05, 3.63) is 95.6 Å². The average Bonchev–Trinajstić information content (AvgIpc) is 3.78. The monoisotopic (exact) mass is 563 g/mol. The fourth-order valence-electron chi connectivity index (χ4n) is 4.49. The maximum atomic E-state index is 13.8. The van der Waals surface area contributed by atoms with Gasteiger partial charge in [0.15, 0.2) is 0 Å². The zero-order valence-electron chi connectivity index (χ0n) is 23.0. The molecule has 0 spiro atoms. The molecule has 40 heavy (non-hydrogen) atoms. The molecule has 3 aromatic rings. The van der Waals surface area contributed by atoms with Crippen LogP contribution in [0, 0.1) is 0 Å². The molecule has 0 heterocycles. The molecule has 8 nitrogen and oxygen atoms in total. The minimum absolute atomic E-state index is 0.0349. The molecule has 212 valence electrons. The number of amides is 2. The molecule has 1 aliphatic carbocycles. The number of likely N-dealkylation sites (N-methyl/N-ethyl adjacent to an activating group) is 1. The van der Waals surface area contributed by atoms with Crippen molar-refractivity contribution in [3.8, 4) is 5.75 Å². The van der Waals surface area contributed by atoms with Gasteiger partial charge in [-0.25, -0.2) is 13.1 Å². The number of hydrogen-bond acceptors (Lipinski definition) is 5. The van der Waals surface area contributed by atoms with Gasteiger partial charge < -0.3 is 15.0 Å². The van der Waals surface area contributed by atoms with Crippen LogP contribution in [-0.4, -0.2) is 50.9 Å². The fourth-order valence-corrected chi connectivity index (χ4v) is 5.80. The van der Waals surface area contributed by atoms with Crippen LogP contribution in [0.3, 0.4) is 0 Å². The summed E-state index contributed by atoms with van der Waals surface area (Å²) in [5.74, 6) is 0.352. The van der Waals surface area contributed by atoms with Crippen molar-refractivity contribution < 1.29 is 22.7 Å². The van der Waals surface area contributed by atoms with Crippen LogP contribution in [0.15, 0.2) is 83.8 Å². The van der Waals surface area contributed by atoms with Crippen LogP contribution in [0.25, 0.3) is 0 Å². The van der Waals surface area contributed by atoms with E-state index in [2.05, 4.69) is 10.0 Å². The number of methoxy groups -OCH3 is 1. The molecule has 1 saturated carbocycles. The van der Waals surface area contributed by atoms with Crippen LogP contribution in [-0.2, 0) is 39.0 Å². The molecule has 3 aromatic carbocycles. The van der Waals surface area contributed by atoms with Crippen molar-refractivity contribution >= 4 is 21.8 Å². The minimum Gasteiger partial charge on any atom is -0.497 e. The Morgan fingerprint density at radius 1 is 0.925 bits per heavy atom. The summed E-state index contributed by atoms with van der Waals surface area (Å²) in [7, 11) is -1.93. The Morgan fingerprint density at radius 3 is 2.17 bits per heavy atom. The molecule has 2 N–H and O–H groups in total. The van der Waals surface area contributed by atoms with Gasteiger partial charge in [0.2, 0.25) is 21.8 Å². The molecule has 0 unspecified atom stereocenters. The maximum absolute atomic E-state index is 13.8. The lowest BCUT2D eigenvalue weighted by atomic mass is 10.0. The fraction of sp³-hybridized carbons (Fsp3) is 0.355. The number of nitrogens with one attached hydrogen (secondary N) is 2. The van der Waals surface area contributed by atoms with Gasteiger partial charge in [-0.1, -0.05) is 54.6 Å². The summed E-state index contributed by atoms with van der Waals surface area (Å²) < 4.78 is 32.9. The zero-order chi connectivity index (χ0) is 28.5. The first-order chi connectivity index (χ1) is 19.3. The SMILES string of the molecule is CCNC(=O)[C@@H](Cc1ccccc1)N(Cc1ccc(OC)cc1)C(=O)CCc1ccc(S(=O)(=O)NC2CC2)cc1. The molecule has 1 fully saturated rings. The maximum Gasteiger partial charge on any atom is 0.243 e. The van der Waals surface area contributed by atoms with Gasteiger partial charge in [0.1, 0.15) is 11.8 Å². The van der Waals surface area contributed by atoms with E-state index in [0.29, 0.717) is 25.1 Å². The summed E-state index contributed by atoms with van der Waals surface area (Å²) in [5.41, 5.74) is 2.69. The van der Waals surface area contributed by atoms with E-state index in [-0.39, 0.29) is 35.7 Å². The number of nitrogens with zero attached hydrogens (tertiary/aromatic N) is 1. The number of carbonyl (C=O) groups excluding carboxylic acids is 2. The largest absolute Gasteiger partial charge is 0.497 e. The second kappa shape index (κ2) is 13.6. The second-order valence-corrected chi connectivity index (χ2v) is 11.7. The Bertz CT molecular complexity index is 1370. The van der Waals surface area contributed by atoms with Crippen LogP contribution in [0.2, 0.25) is 0 Å². The van der Waals surface area contributed by atoms with Gasteiger partial charge in [0, 0.05) is 32.0 Å². The third kappa shape index (κ3) is 8.16. The lowest BCUT2D eigenvalue weighted by molar-refractivity contribution is -0.141. The molecule has 0 aliphatic heterocycles. The molecular weight excluding hydrogens is 526 g/mol. The van der Waals surface area contributed by atoms with E-state index in [1.54, 1.807) is 36.3 Å². The molecule has 1 aliphatic rings. The molecule has 0 saturated heterocycles. The summed E-state index contributed by atoms with van der Waals surface area (Å²) in [6.45, 7) is 2.58. The van der Waals surface area contributed by atoms with E-state index < -0.39 is 16.1 Å². The standard InChI is InChI=1S/C31H37N3O5S/c1-3-32-31(36)29(21-24-7-5-4-6-8-24)34(22-25-9-16-27(39-2)17-10-25)30(35)20-13-23-11-18-28(19-12-23)40(37,38)33-26-14-15-26/h4-12,16-19,26,29,33H,3,13-15,20-22H2,1-2H3,(H,32,36)/t29-/m1/s1. The first-order valence-electron chi connectivity index (χ1n) is 13.6. The van der Waals surface area contributed by atoms with E-state index in [0.717, 1.165) is 29.5 Å². The molecule has 0 radical (unpaired) electrons. The zero-order valence-corrected chi connectivity index (χ0v) is 23.8. The summed E-state index contributed by atoms with van der Waals surface area (Å²) in [6.07, 6.45) is 2.71. The summed E-state index contributed by atoms with van der Waals surface area (Å²) >= 11 is 0. The highest BCUT2D eigenvalue weighted by Crippen LogP contribution is 2.23. The number of ether oxygens (including phenoxy) is 1. The van der Waals surface area contributed by atoms with Gasteiger partial charge in [-0.15, -0.1) is 0 Å². The van der Waals surface area contributed by atoms with Gasteiger partial charge in [-0.2, -0.15) is 0 Å². The number of hydrogen-bond donors (Lipinski definition) is 2. The van der Waals surface area contributed by atoms with Crippen molar-refractivity contribution in [2.45, 2.75) is 62.6 Å². The van der Waals surface area contributed by atoms with Crippen molar-refractivity contribution in [3.63, 3.8) is 0 Å². The number of sulfonamides is 1. The van der Waals surface area contributed by atoms with Crippen molar-refractivity contribution in [1.82, 2.24) is 14.9 Å². The lowest BCUT2D eigenvalue weighted by Crippen LogP contribution is -2.50. The summed E-state index contributed by atoms with van der Waals surface area (Å²) in [6, 6.07) is 23.1. The van der Waals surface area contributed by atoms with Gasteiger partial charge in [-0.3, -0.25) is 9.59 Å². The van der Waals surface area contributed by atoms with E-state index in [1.807, 2.05) is 61.5 Å². The molecule has 0 bridgehead atoms. The Labute approximate surface area is 236 Å². The summed E-state index contributed by atoms with van der Waals surface area (Å²) in [4.78, 5) is 28.9. The minimum atomic E-state index is -3.53. The topological polar surface area (TPSA) is 105 Å². The third-order valence-corrected chi connectivity index (χ3v) is 8.43. The quantitative estimate of drug-likeness (QED) is 0.310. The predicted octanol–water partition coefficient (Wildman–Crippen LogP) is 3.84. The molecule has 0 aromatic heterocycles. The molecular formula is C31H37N3O5S. The lowest BCUT2D eigenvalue weighted by Gasteiger charge is -2.31.